The van der Waals surface area contributed by atoms with E-state index < -0.39 is 0 Å². The molecule has 4 aromatic rings. The first-order valence-corrected chi connectivity index (χ1v) is 8.43. The molecule has 0 aromatic carbocycles. The monoisotopic (exact) mass is 319 g/mol. The van der Waals surface area contributed by atoms with E-state index in [-0.39, 0.29) is 0 Å². The van der Waals surface area contributed by atoms with Crippen LogP contribution in [0.25, 0.3) is 27.4 Å². The van der Waals surface area contributed by atoms with Crippen LogP contribution in [0.15, 0.2) is 43.2 Å². The van der Waals surface area contributed by atoms with Gasteiger partial charge in [0.15, 0.2) is 11.6 Å². The van der Waals surface area contributed by atoms with Crippen LogP contribution in [-0.2, 0) is 12.8 Å². The molecule has 0 N–H and O–H groups in total. The maximum Gasteiger partial charge on any atom is 0.164 e. The molecular weight excluding hydrogens is 306 g/mol. The lowest BCUT2D eigenvalue weighted by atomic mass is 10.2. The predicted molar refractivity (Wildman–Crippen MR) is 89.8 cm³/mol. The fraction of sp³-hybridized carbons (Fsp3) is 0.176. The Morgan fingerprint density at radius 1 is 1.09 bits per heavy atom. The van der Waals surface area contributed by atoms with Crippen molar-refractivity contribution in [3.63, 3.8) is 0 Å². The third-order valence-electron chi connectivity index (χ3n) is 4.21. The van der Waals surface area contributed by atoms with Crippen molar-refractivity contribution in [2.24, 2.45) is 0 Å². The van der Waals surface area contributed by atoms with Crippen molar-refractivity contribution in [3.8, 4) is 17.2 Å². The Kier molecular flexibility index (Phi) is 2.78. The van der Waals surface area contributed by atoms with E-state index in [1.807, 2.05) is 22.9 Å². The quantitative estimate of drug-likeness (QED) is 0.568. The smallest absolute Gasteiger partial charge is 0.164 e. The van der Waals surface area contributed by atoms with Gasteiger partial charge in [-0.25, -0.2) is 15.0 Å². The van der Waals surface area contributed by atoms with E-state index >= 15 is 0 Å². The number of pyridine rings is 1. The molecular formula is C17H13N5S. The maximum absolute atomic E-state index is 4.84. The molecule has 0 atom stereocenters. The number of aromatic nitrogens is 5. The molecule has 0 amide bonds. The zero-order valence-electron chi connectivity index (χ0n) is 12.3. The van der Waals surface area contributed by atoms with Crippen molar-refractivity contribution in [3.05, 3.63) is 53.7 Å². The zero-order valence-corrected chi connectivity index (χ0v) is 13.1. The van der Waals surface area contributed by atoms with Gasteiger partial charge in [-0.3, -0.25) is 9.55 Å². The molecule has 1 aliphatic carbocycles. The summed E-state index contributed by atoms with van der Waals surface area (Å²) in [6, 6.07) is 3.90. The summed E-state index contributed by atoms with van der Waals surface area (Å²) < 4.78 is 1.98. The molecule has 0 aliphatic heterocycles. The summed E-state index contributed by atoms with van der Waals surface area (Å²) in [5.41, 5.74) is 2.36. The molecule has 0 saturated heterocycles. The molecule has 0 bridgehead atoms. The standard InChI is InChI=1S/C17H13N5S/c1-4-12-13(5-1)23-17-14(12)16(22-8-7-19-10-22)20-15(21-17)11-3-2-6-18-9-11/h2-3,6-10H,1,4-5H2. The van der Waals surface area contributed by atoms with E-state index in [1.165, 1.54) is 22.2 Å². The van der Waals surface area contributed by atoms with Crippen LogP contribution < -0.4 is 0 Å². The second kappa shape index (κ2) is 4.96. The van der Waals surface area contributed by atoms with Crippen LogP contribution in [-0.4, -0.2) is 24.5 Å². The first-order valence-electron chi connectivity index (χ1n) is 7.61. The Hall–Kier alpha value is -2.60. The molecule has 23 heavy (non-hydrogen) atoms. The average Bonchev–Trinajstić information content (AvgIpc) is 3.31. The minimum atomic E-state index is 0.717. The van der Waals surface area contributed by atoms with Crippen LogP contribution in [0.2, 0.25) is 0 Å². The average molecular weight is 319 g/mol. The van der Waals surface area contributed by atoms with Gasteiger partial charge in [0.05, 0.1) is 5.39 Å². The van der Waals surface area contributed by atoms with Gasteiger partial charge >= 0.3 is 0 Å². The molecule has 4 heterocycles. The summed E-state index contributed by atoms with van der Waals surface area (Å²) in [4.78, 5) is 20.5. The summed E-state index contributed by atoms with van der Waals surface area (Å²) in [5, 5.41) is 1.19. The second-order valence-corrected chi connectivity index (χ2v) is 6.70. The lowest BCUT2D eigenvalue weighted by molar-refractivity contribution is 0.915. The van der Waals surface area contributed by atoms with Crippen LogP contribution in [0.4, 0.5) is 0 Å². The summed E-state index contributed by atoms with van der Waals surface area (Å²) in [6.45, 7) is 0. The van der Waals surface area contributed by atoms with Gasteiger partial charge < -0.3 is 0 Å². The van der Waals surface area contributed by atoms with Crippen molar-refractivity contribution >= 4 is 21.6 Å². The molecule has 0 radical (unpaired) electrons. The van der Waals surface area contributed by atoms with Crippen molar-refractivity contribution in [1.29, 1.82) is 0 Å². The van der Waals surface area contributed by atoms with Crippen molar-refractivity contribution in [2.45, 2.75) is 19.3 Å². The number of fused-ring (bicyclic) bond motifs is 3. The number of hydrogen-bond donors (Lipinski definition) is 0. The molecule has 0 spiro atoms. The molecule has 1 aliphatic rings. The Morgan fingerprint density at radius 3 is 2.91 bits per heavy atom. The van der Waals surface area contributed by atoms with Crippen LogP contribution in [0, 0.1) is 0 Å². The number of aryl methyl sites for hydroxylation is 2. The Labute approximate surface area is 136 Å². The molecule has 4 aromatic heterocycles. The van der Waals surface area contributed by atoms with Gasteiger partial charge in [0.25, 0.3) is 0 Å². The van der Waals surface area contributed by atoms with Gasteiger partial charge in [-0.05, 0) is 37.0 Å². The molecule has 5 rings (SSSR count). The number of rotatable bonds is 2. The van der Waals surface area contributed by atoms with Gasteiger partial charge in [0.2, 0.25) is 0 Å². The van der Waals surface area contributed by atoms with E-state index in [9.17, 15) is 0 Å². The predicted octanol–water partition coefficient (Wildman–Crippen LogP) is 3.43. The van der Waals surface area contributed by atoms with Gasteiger partial charge in [-0.1, -0.05) is 0 Å². The summed E-state index contributed by atoms with van der Waals surface area (Å²) in [7, 11) is 0. The fourth-order valence-corrected chi connectivity index (χ4v) is 4.43. The van der Waals surface area contributed by atoms with Crippen molar-refractivity contribution in [2.75, 3.05) is 0 Å². The van der Waals surface area contributed by atoms with Gasteiger partial charge in [0, 0.05) is 35.2 Å². The number of imidazole rings is 1. The molecule has 0 unspecified atom stereocenters. The van der Waals surface area contributed by atoms with Gasteiger partial charge in [-0.15, -0.1) is 11.3 Å². The summed E-state index contributed by atoms with van der Waals surface area (Å²) >= 11 is 1.80. The minimum Gasteiger partial charge on any atom is -0.290 e. The summed E-state index contributed by atoms with van der Waals surface area (Å²) in [6.07, 6.45) is 12.6. The lowest BCUT2D eigenvalue weighted by Crippen LogP contribution is -2.00. The molecule has 6 heteroatoms. The van der Waals surface area contributed by atoms with E-state index in [2.05, 4.69) is 9.97 Å². The van der Waals surface area contributed by atoms with Crippen LogP contribution in [0.3, 0.4) is 0 Å². The summed E-state index contributed by atoms with van der Waals surface area (Å²) in [5.74, 6) is 1.64. The van der Waals surface area contributed by atoms with E-state index in [1.54, 1.807) is 36.3 Å². The van der Waals surface area contributed by atoms with E-state index in [0.717, 1.165) is 29.1 Å². The number of nitrogens with zero attached hydrogens (tertiary/aromatic N) is 5. The van der Waals surface area contributed by atoms with Crippen LogP contribution in [0.1, 0.15) is 16.9 Å². The SMILES string of the molecule is c1cncc(-c2nc(-n3ccnc3)c3c4c(sc3n2)CCC4)c1. The van der Waals surface area contributed by atoms with Crippen molar-refractivity contribution < 1.29 is 0 Å². The maximum atomic E-state index is 4.84. The third-order valence-corrected chi connectivity index (χ3v) is 5.40. The normalized spacial score (nSPS) is 13.6. The Balaban J connectivity index is 1.84. The Bertz CT molecular complexity index is 989. The van der Waals surface area contributed by atoms with Crippen LogP contribution in [0.5, 0.6) is 0 Å². The first-order chi connectivity index (χ1) is 11.4. The highest BCUT2D eigenvalue weighted by molar-refractivity contribution is 7.19. The Morgan fingerprint density at radius 2 is 2.09 bits per heavy atom. The second-order valence-electron chi connectivity index (χ2n) is 5.62. The zero-order chi connectivity index (χ0) is 15.2. The van der Waals surface area contributed by atoms with Crippen LogP contribution >= 0.6 is 11.3 Å². The third kappa shape index (κ3) is 1.98. The highest BCUT2D eigenvalue weighted by atomic mass is 32.1. The van der Waals surface area contributed by atoms with Gasteiger partial charge in [0.1, 0.15) is 11.2 Å². The van der Waals surface area contributed by atoms with Gasteiger partial charge in [-0.2, -0.15) is 0 Å². The van der Waals surface area contributed by atoms with E-state index in [4.69, 9.17) is 9.97 Å². The minimum absolute atomic E-state index is 0.717. The highest BCUT2D eigenvalue weighted by Crippen LogP contribution is 2.39. The number of hydrogen-bond acceptors (Lipinski definition) is 5. The fourth-order valence-electron chi connectivity index (χ4n) is 3.17. The molecule has 0 saturated carbocycles. The highest BCUT2D eigenvalue weighted by Gasteiger charge is 2.23. The molecule has 112 valence electrons. The van der Waals surface area contributed by atoms with E-state index in [0.29, 0.717) is 5.82 Å². The first kappa shape index (κ1) is 12.9. The number of thiophene rings is 1. The van der Waals surface area contributed by atoms with Crippen molar-refractivity contribution in [1.82, 2.24) is 24.5 Å². The lowest BCUT2D eigenvalue weighted by Gasteiger charge is -2.08. The largest absolute Gasteiger partial charge is 0.290 e. The molecule has 0 fully saturated rings. The topological polar surface area (TPSA) is 56.5 Å². The molecule has 5 nitrogen and oxygen atoms in total.